The number of benzene rings is 2. The van der Waals surface area contributed by atoms with Gasteiger partial charge in [0.1, 0.15) is 0 Å². The third-order valence-corrected chi connectivity index (χ3v) is 4.52. The van der Waals surface area contributed by atoms with E-state index in [9.17, 15) is 5.26 Å². The molecule has 2 rings (SSSR count). The van der Waals surface area contributed by atoms with E-state index in [4.69, 9.17) is 6.57 Å². The molecule has 2 nitrogen and oxygen atoms in total. The fraction of sp³-hybridized carbons (Fsp3) is 0.217. The molecule has 25 heavy (non-hydrogen) atoms. The number of hydrogen-bond acceptors (Lipinski definition) is 1. The van der Waals surface area contributed by atoms with Gasteiger partial charge in [0.05, 0.1) is 18.2 Å². The molecular formula is C23H22N2. The molecule has 0 saturated carbocycles. The molecular weight excluding hydrogens is 304 g/mol. The molecule has 124 valence electrons. The van der Waals surface area contributed by atoms with Crippen LogP contribution in [0, 0.1) is 45.6 Å². The SMILES string of the molecule is [C-]#[N+]/C(=C\c1cc(C)c(C)cc1C)c1ccc(/C(C#N)=C/C)c(C)c1. The zero-order chi connectivity index (χ0) is 18.6. The lowest BCUT2D eigenvalue weighted by Gasteiger charge is -2.09. The van der Waals surface area contributed by atoms with Gasteiger partial charge in [-0.2, -0.15) is 5.26 Å². The Bertz CT molecular complexity index is 961. The molecule has 0 N–H and O–H groups in total. The Hall–Kier alpha value is -3.10. The molecule has 0 saturated heterocycles. The Balaban J connectivity index is 2.53. The van der Waals surface area contributed by atoms with Gasteiger partial charge in [0.2, 0.25) is 0 Å². The number of hydrogen-bond donors (Lipinski definition) is 0. The molecule has 0 fully saturated rings. The van der Waals surface area contributed by atoms with Crippen molar-refractivity contribution >= 4 is 17.3 Å². The highest BCUT2D eigenvalue weighted by atomic mass is 14.7. The maximum absolute atomic E-state index is 9.22. The Kier molecular flexibility index (Phi) is 5.58. The van der Waals surface area contributed by atoms with Crippen LogP contribution in [0.2, 0.25) is 0 Å². The summed E-state index contributed by atoms with van der Waals surface area (Å²) in [5.74, 6) is 0. The minimum Gasteiger partial charge on any atom is -0.238 e. The molecule has 0 aliphatic carbocycles. The molecule has 0 amide bonds. The first-order valence-corrected chi connectivity index (χ1v) is 8.26. The summed E-state index contributed by atoms with van der Waals surface area (Å²) in [5.41, 5.74) is 8.78. The van der Waals surface area contributed by atoms with Crippen LogP contribution in [0.4, 0.5) is 0 Å². The lowest BCUT2D eigenvalue weighted by molar-refractivity contribution is 1.29. The Morgan fingerprint density at radius 3 is 2.24 bits per heavy atom. The van der Waals surface area contributed by atoms with Gasteiger partial charge in [-0.15, -0.1) is 0 Å². The Labute approximate surface area is 150 Å². The van der Waals surface area contributed by atoms with Crippen molar-refractivity contribution in [1.29, 1.82) is 5.26 Å². The van der Waals surface area contributed by atoms with E-state index in [1.165, 1.54) is 16.7 Å². The second-order valence-corrected chi connectivity index (χ2v) is 6.28. The first-order valence-electron chi connectivity index (χ1n) is 8.26. The molecule has 2 aromatic rings. The number of aryl methyl sites for hydroxylation is 4. The van der Waals surface area contributed by atoms with Crippen LogP contribution < -0.4 is 0 Å². The summed E-state index contributed by atoms with van der Waals surface area (Å²) in [6.45, 7) is 17.7. The van der Waals surface area contributed by atoms with Crippen LogP contribution in [-0.2, 0) is 0 Å². The van der Waals surface area contributed by atoms with E-state index in [0.717, 1.165) is 22.3 Å². The van der Waals surface area contributed by atoms with Crippen molar-refractivity contribution in [3.05, 3.63) is 86.8 Å². The van der Waals surface area contributed by atoms with Gasteiger partial charge in [0, 0.05) is 0 Å². The van der Waals surface area contributed by atoms with Crippen molar-refractivity contribution in [2.45, 2.75) is 34.6 Å². The molecule has 0 spiro atoms. The zero-order valence-corrected chi connectivity index (χ0v) is 15.4. The second kappa shape index (κ2) is 7.65. The van der Waals surface area contributed by atoms with Crippen molar-refractivity contribution in [1.82, 2.24) is 0 Å². The summed E-state index contributed by atoms with van der Waals surface area (Å²) in [7, 11) is 0. The van der Waals surface area contributed by atoms with E-state index in [1.54, 1.807) is 0 Å². The quantitative estimate of drug-likeness (QED) is 0.371. The van der Waals surface area contributed by atoms with Gasteiger partial charge in [0.25, 0.3) is 0 Å². The van der Waals surface area contributed by atoms with Crippen LogP contribution in [0.5, 0.6) is 0 Å². The Morgan fingerprint density at radius 2 is 1.68 bits per heavy atom. The fourth-order valence-electron chi connectivity index (χ4n) is 2.87. The summed E-state index contributed by atoms with van der Waals surface area (Å²) in [4.78, 5) is 3.73. The van der Waals surface area contributed by atoms with E-state index in [-0.39, 0.29) is 0 Å². The molecule has 0 unspecified atom stereocenters. The zero-order valence-electron chi connectivity index (χ0n) is 15.4. The molecule has 0 bridgehead atoms. The van der Waals surface area contributed by atoms with Crippen molar-refractivity contribution in [2.24, 2.45) is 0 Å². The van der Waals surface area contributed by atoms with Crippen LogP contribution in [0.15, 0.2) is 36.4 Å². The molecule has 0 aliphatic heterocycles. The smallest absolute Gasteiger partial charge is 0.194 e. The van der Waals surface area contributed by atoms with Gasteiger partial charge in [-0.1, -0.05) is 36.4 Å². The van der Waals surface area contributed by atoms with E-state index in [1.807, 2.05) is 44.2 Å². The van der Waals surface area contributed by atoms with Crippen molar-refractivity contribution in [3.8, 4) is 6.07 Å². The predicted molar refractivity (Wildman–Crippen MR) is 106 cm³/mol. The van der Waals surface area contributed by atoms with Gasteiger partial charge in [-0.3, -0.25) is 0 Å². The molecule has 0 aromatic heterocycles. The summed E-state index contributed by atoms with van der Waals surface area (Å²) in [5, 5.41) is 9.22. The number of nitrogens with zero attached hydrogens (tertiary/aromatic N) is 2. The average molecular weight is 326 g/mol. The third-order valence-electron chi connectivity index (χ3n) is 4.52. The molecule has 0 radical (unpaired) electrons. The van der Waals surface area contributed by atoms with Gasteiger partial charge >= 0.3 is 0 Å². The predicted octanol–water partition coefficient (Wildman–Crippen LogP) is 6.26. The van der Waals surface area contributed by atoms with E-state index in [0.29, 0.717) is 11.3 Å². The number of rotatable bonds is 3. The number of allylic oxidation sites excluding steroid dienone is 2. The van der Waals surface area contributed by atoms with Crippen LogP contribution in [-0.4, -0.2) is 0 Å². The molecule has 0 heterocycles. The molecule has 2 aromatic carbocycles. The van der Waals surface area contributed by atoms with Gasteiger partial charge in [0.15, 0.2) is 5.70 Å². The Morgan fingerprint density at radius 1 is 1.00 bits per heavy atom. The van der Waals surface area contributed by atoms with Gasteiger partial charge in [-0.05, 0) is 79.6 Å². The van der Waals surface area contributed by atoms with Crippen LogP contribution in [0.3, 0.4) is 0 Å². The molecule has 0 atom stereocenters. The topological polar surface area (TPSA) is 28.1 Å². The summed E-state index contributed by atoms with van der Waals surface area (Å²) < 4.78 is 0. The van der Waals surface area contributed by atoms with Crippen LogP contribution in [0.1, 0.15) is 45.9 Å². The maximum Gasteiger partial charge on any atom is 0.194 e. The average Bonchev–Trinajstić information content (AvgIpc) is 2.59. The second-order valence-electron chi connectivity index (χ2n) is 6.28. The highest BCUT2D eigenvalue weighted by Gasteiger charge is 2.09. The van der Waals surface area contributed by atoms with E-state index >= 15 is 0 Å². The van der Waals surface area contributed by atoms with Crippen LogP contribution in [0.25, 0.3) is 22.2 Å². The minimum atomic E-state index is 0.611. The number of nitriles is 1. The van der Waals surface area contributed by atoms with Gasteiger partial charge in [-0.25, -0.2) is 4.85 Å². The van der Waals surface area contributed by atoms with E-state index < -0.39 is 0 Å². The van der Waals surface area contributed by atoms with Crippen molar-refractivity contribution in [2.75, 3.05) is 0 Å². The normalized spacial score (nSPS) is 11.8. The minimum absolute atomic E-state index is 0.611. The third kappa shape index (κ3) is 3.87. The largest absolute Gasteiger partial charge is 0.238 e. The lowest BCUT2D eigenvalue weighted by Crippen LogP contribution is -1.91. The van der Waals surface area contributed by atoms with Crippen LogP contribution >= 0.6 is 0 Å². The first-order chi connectivity index (χ1) is 11.9. The standard InChI is InChI=1S/C23H22N2/c1-7-19(14-24)22-9-8-20(12-18(22)5)23(25-6)13-21-11-16(3)15(2)10-17(21)4/h7-13H,1-5H3/b19-7+,23-13-. The summed E-state index contributed by atoms with van der Waals surface area (Å²) >= 11 is 0. The van der Waals surface area contributed by atoms with Crippen molar-refractivity contribution < 1.29 is 0 Å². The highest BCUT2D eigenvalue weighted by Crippen LogP contribution is 2.27. The van der Waals surface area contributed by atoms with Gasteiger partial charge < -0.3 is 0 Å². The highest BCUT2D eigenvalue weighted by molar-refractivity contribution is 5.87. The summed E-state index contributed by atoms with van der Waals surface area (Å²) in [6, 6.07) is 12.3. The van der Waals surface area contributed by atoms with E-state index in [2.05, 4.69) is 43.8 Å². The summed E-state index contributed by atoms with van der Waals surface area (Å²) in [6.07, 6.45) is 3.76. The molecule has 2 heteroatoms. The molecule has 0 aliphatic rings. The first kappa shape index (κ1) is 18.2. The van der Waals surface area contributed by atoms with Crippen molar-refractivity contribution in [3.63, 3.8) is 0 Å². The maximum atomic E-state index is 9.22. The fourth-order valence-corrected chi connectivity index (χ4v) is 2.87. The lowest BCUT2D eigenvalue weighted by atomic mass is 9.96. The monoisotopic (exact) mass is 326 g/mol.